The second-order valence-electron chi connectivity index (χ2n) is 6.02. The van der Waals surface area contributed by atoms with Gasteiger partial charge in [-0.2, -0.15) is 0 Å². The molecule has 0 heterocycles. The first-order valence-corrected chi connectivity index (χ1v) is 7.77. The molecule has 0 radical (unpaired) electrons. The van der Waals surface area contributed by atoms with Gasteiger partial charge >= 0.3 is 5.97 Å². The quantitative estimate of drug-likeness (QED) is 0.782. The zero-order valence-electron chi connectivity index (χ0n) is 12.7. The number of hydrogen-bond acceptors (Lipinski definition) is 2. The zero-order valence-corrected chi connectivity index (χ0v) is 14.3. The fraction of sp³-hybridized carbons (Fsp3) is 0.500. The number of aryl methyl sites for hydroxylation is 1. The molecule has 0 aliphatic carbocycles. The number of nitrogens with one attached hydrogen (secondary N) is 1. The number of hydrogen-bond donors (Lipinski definition) is 2. The average Bonchev–Trinajstić information content (AvgIpc) is 2.39. The van der Waals surface area contributed by atoms with Crippen molar-refractivity contribution < 1.29 is 14.7 Å². The number of carboxylic acid groups (broad SMARTS) is 1. The van der Waals surface area contributed by atoms with Crippen LogP contribution >= 0.6 is 15.9 Å². The first-order valence-electron chi connectivity index (χ1n) is 6.97. The molecule has 0 aromatic heterocycles. The smallest absolute Gasteiger partial charge is 0.303 e. The lowest BCUT2D eigenvalue weighted by atomic mass is 9.84. The fourth-order valence-electron chi connectivity index (χ4n) is 2.02. The van der Waals surface area contributed by atoms with E-state index in [0.717, 1.165) is 16.5 Å². The summed E-state index contributed by atoms with van der Waals surface area (Å²) >= 11 is 3.36. The Labute approximate surface area is 134 Å². The van der Waals surface area contributed by atoms with Crippen LogP contribution in [-0.2, 0) is 4.79 Å². The van der Waals surface area contributed by atoms with Gasteiger partial charge in [0, 0.05) is 23.0 Å². The molecule has 116 valence electrons. The van der Waals surface area contributed by atoms with Crippen LogP contribution in [0.4, 0.5) is 0 Å². The van der Waals surface area contributed by atoms with Gasteiger partial charge in [0.15, 0.2) is 0 Å². The molecular formula is C16H22BrNO3. The summed E-state index contributed by atoms with van der Waals surface area (Å²) < 4.78 is 0.875. The summed E-state index contributed by atoms with van der Waals surface area (Å²) in [6.07, 6.45) is 1.51. The number of carboxylic acids is 1. The lowest BCUT2D eigenvalue weighted by Crippen LogP contribution is -2.29. The number of carbonyl (C=O) groups is 2. The van der Waals surface area contributed by atoms with Crippen molar-refractivity contribution in [1.82, 2.24) is 5.32 Å². The molecule has 0 spiro atoms. The summed E-state index contributed by atoms with van der Waals surface area (Å²) in [5, 5.41) is 11.6. The van der Waals surface area contributed by atoms with Crippen molar-refractivity contribution in [3.63, 3.8) is 0 Å². The van der Waals surface area contributed by atoms with Crippen molar-refractivity contribution in [2.75, 3.05) is 6.54 Å². The number of rotatable bonds is 7. The Balaban J connectivity index is 2.50. The Hall–Kier alpha value is -1.36. The third kappa shape index (κ3) is 6.29. The fourth-order valence-corrected chi connectivity index (χ4v) is 2.38. The van der Waals surface area contributed by atoms with Gasteiger partial charge in [0.1, 0.15) is 0 Å². The molecule has 0 bridgehead atoms. The molecule has 5 heteroatoms. The van der Waals surface area contributed by atoms with Crippen LogP contribution in [0.3, 0.4) is 0 Å². The maximum absolute atomic E-state index is 12.1. The molecule has 0 fully saturated rings. The van der Waals surface area contributed by atoms with Crippen molar-refractivity contribution in [1.29, 1.82) is 0 Å². The van der Waals surface area contributed by atoms with Crippen molar-refractivity contribution in [3.05, 3.63) is 33.8 Å². The highest BCUT2D eigenvalue weighted by molar-refractivity contribution is 9.10. The van der Waals surface area contributed by atoms with Gasteiger partial charge in [-0.15, -0.1) is 0 Å². The lowest BCUT2D eigenvalue weighted by Gasteiger charge is -2.23. The highest BCUT2D eigenvalue weighted by atomic mass is 79.9. The van der Waals surface area contributed by atoms with E-state index in [1.165, 1.54) is 0 Å². The molecule has 21 heavy (non-hydrogen) atoms. The molecule has 4 nitrogen and oxygen atoms in total. The summed E-state index contributed by atoms with van der Waals surface area (Å²) in [4.78, 5) is 22.8. The van der Waals surface area contributed by atoms with Gasteiger partial charge in [-0.1, -0.05) is 35.8 Å². The van der Waals surface area contributed by atoms with E-state index in [1.807, 2.05) is 32.9 Å². The molecule has 1 aromatic rings. The van der Waals surface area contributed by atoms with Crippen molar-refractivity contribution in [3.8, 4) is 0 Å². The van der Waals surface area contributed by atoms with Crippen LogP contribution in [0.25, 0.3) is 0 Å². The highest BCUT2D eigenvalue weighted by Crippen LogP contribution is 2.26. The molecular weight excluding hydrogens is 334 g/mol. The predicted octanol–water partition coefficient (Wildman–Crippen LogP) is 3.77. The monoisotopic (exact) mass is 355 g/mol. The summed E-state index contributed by atoms with van der Waals surface area (Å²) in [7, 11) is 0. The van der Waals surface area contributed by atoms with Gasteiger partial charge in [0.25, 0.3) is 5.91 Å². The molecule has 0 atom stereocenters. The lowest BCUT2D eigenvalue weighted by molar-refractivity contribution is -0.137. The minimum absolute atomic E-state index is 0.0946. The van der Waals surface area contributed by atoms with Crippen molar-refractivity contribution in [2.45, 2.75) is 40.0 Å². The van der Waals surface area contributed by atoms with Crippen LogP contribution in [0.1, 0.15) is 49.0 Å². The van der Waals surface area contributed by atoms with E-state index >= 15 is 0 Å². The highest BCUT2D eigenvalue weighted by Gasteiger charge is 2.19. The van der Waals surface area contributed by atoms with E-state index in [2.05, 4.69) is 21.2 Å². The van der Waals surface area contributed by atoms with Crippen molar-refractivity contribution >= 4 is 27.8 Å². The SMILES string of the molecule is Cc1ccc(Br)cc1C(=O)NCCC(C)(C)CCC(=O)O. The number of amides is 1. The molecule has 1 aromatic carbocycles. The molecule has 1 rings (SSSR count). The molecule has 1 amide bonds. The Morgan fingerprint density at radius 3 is 2.57 bits per heavy atom. The topological polar surface area (TPSA) is 66.4 Å². The van der Waals surface area contributed by atoms with Crippen LogP contribution in [0.5, 0.6) is 0 Å². The van der Waals surface area contributed by atoms with Gasteiger partial charge in [0.05, 0.1) is 0 Å². The molecule has 2 N–H and O–H groups in total. The second kappa shape index (κ2) is 7.59. The van der Waals surface area contributed by atoms with Gasteiger partial charge in [-0.25, -0.2) is 0 Å². The van der Waals surface area contributed by atoms with Crippen LogP contribution < -0.4 is 5.32 Å². The summed E-state index contributed by atoms with van der Waals surface area (Å²) in [6, 6.07) is 5.61. The number of aliphatic carboxylic acids is 1. The Kier molecular flexibility index (Phi) is 6.40. The maximum atomic E-state index is 12.1. The molecule has 0 aliphatic rings. The molecule has 0 saturated heterocycles. The minimum atomic E-state index is -0.781. The van der Waals surface area contributed by atoms with Gasteiger partial charge in [-0.3, -0.25) is 9.59 Å². The maximum Gasteiger partial charge on any atom is 0.303 e. The summed E-state index contributed by atoms with van der Waals surface area (Å²) in [6.45, 7) is 6.48. The standard InChI is InChI=1S/C16H22BrNO3/c1-11-4-5-12(17)10-13(11)15(21)18-9-8-16(2,3)7-6-14(19)20/h4-5,10H,6-9H2,1-3H3,(H,18,21)(H,19,20). The number of benzene rings is 1. The molecule has 0 unspecified atom stereocenters. The van der Waals surface area contributed by atoms with Crippen LogP contribution in [0.2, 0.25) is 0 Å². The Bertz CT molecular complexity index is 526. The Morgan fingerprint density at radius 2 is 1.95 bits per heavy atom. The first kappa shape index (κ1) is 17.7. The van der Waals surface area contributed by atoms with Crippen LogP contribution in [0, 0.1) is 12.3 Å². The zero-order chi connectivity index (χ0) is 16.0. The Morgan fingerprint density at radius 1 is 1.29 bits per heavy atom. The third-order valence-corrected chi connectivity index (χ3v) is 4.04. The van der Waals surface area contributed by atoms with Gasteiger partial charge in [0.2, 0.25) is 0 Å². The third-order valence-electron chi connectivity index (χ3n) is 3.55. The van der Waals surface area contributed by atoms with Gasteiger partial charge < -0.3 is 10.4 Å². The molecule has 0 aliphatic heterocycles. The number of halogens is 1. The minimum Gasteiger partial charge on any atom is -0.481 e. The largest absolute Gasteiger partial charge is 0.481 e. The number of carbonyl (C=O) groups excluding carboxylic acids is 1. The normalized spacial score (nSPS) is 11.2. The van der Waals surface area contributed by atoms with E-state index in [4.69, 9.17) is 5.11 Å². The van der Waals surface area contributed by atoms with Crippen LogP contribution in [-0.4, -0.2) is 23.5 Å². The van der Waals surface area contributed by atoms with E-state index in [9.17, 15) is 9.59 Å². The van der Waals surface area contributed by atoms with E-state index < -0.39 is 5.97 Å². The average molecular weight is 356 g/mol. The second-order valence-corrected chi connectivity index (χ2v) is 6.94. The van der Waals surface area contributed by atoms with E-state index in [1.54, 1.807) is 6.07 Å². The molecule has 0 saturated carbocycles. The van der Waals surface area contributed by atoms with E-state index in [-0.39, 0.29) is 17.7 Å². The predicted molar refractivity (Wildman–Crippen MR) is 86.5 cm³/mol. The summed E-state index contributed by atoms with van der Waals surface area (Å²) in [5.74, 6) is -0.875. The van der Waals surface area contributed by atoms with Gasteiger partial charge in [-0.05, 0) is 42.9 Å². The van der Waals surface area contributed by atoms with E-state index in [0.29, 0.717) is 18.5 Å². The summed E-state index contributed by atoms with van der Waals surface area (Å²) in [5.41, 5.74) is 1.49. The van der Waals surface area contributed by atoms with Crippen molar-refractivity contribution in [2.24, 2.45) is 5.41 Å². The van der Waals surface area contributed by atoms with Crippen LogP contribution in [0.15, 0.2) is 22.7 Å². The first-order chi connectivity index (χ1) is 9.71.